The molecule has 1 unspecified atom stereocenters. The van der Waals surface area contributed by atoms with Crippen molar-refractivity contribution in [3.63, 3.8) is 0 Å². The van der Waals surface area contributed by atoms with Crippen molar-refractivity contribution >= 4 is 42.3 Å². The van der Waals surface area contributed by atoms with Gasteiger partial charge in [0.2, 0.25) is 0 Å². The maximum absolute atomic E-state index is 12.0. The molecule has 0 aliphatic carbocycles. The summed E-state index contributed by atoms with van der Waals surface area (Å²) in [5.74, 6) is -1.32. The number of nitrogens with zero attached hydrogens (tertiary/aromatic N) is 1. The third kappa shape index (κ3) is 3.33. The van der Waals surface area contributed by atoms with Gasteiger partial charge in [0.05, 0.1) is 4.91 Å². The molecule has 1 aliphatic rings. The normalized spacial score (nSPS) is 21.2. The molecule has 19 heavy (non-hydrogen) atoms. The van der Waals surface area contributed by atoms with Crippen molar-refractivity contribution in [1.82, 2.24) is 4.90 Å². The molecule has 6 heteroatoms. The first-order valence-corrected chi connectivity index (χ1v) is 7.03. The number of aryl methyl sites for hydroxylation is 1. The number of amides is 1. The minimum Gasteiger partial charge on any atom is -0.480 e. The highest BCUT2D eigenvalue weighted by atomic mass is 32.2. The number of rotatable bonds is 3. The second kappa shape index (κ2) is 5.71. The molecule has 1 amide bonds. The van der Waals surface area contributed by atoms with Gasteiger partial charge in [-0.1, -0.05) is 41.6 Å². The van der Waals surface area contributed by atoms with Crippen molar-refractivity contribution in [2.75, 3.05) is 6.54 Å². The molecule has 0 bridgehead atoms. The third-order valence-electron chi connectivity index (χ3n) is 2.65. The summed E-state index contributed by atoms with van der Waals surface area (Å²) in [4.78, 5) is 24.5. The molecule has 1 aromatic carbocycles. The van der Waals surface area contributed by atoms with Gasteiger partial charge in [0, 0.05) is 0 Å². The van der Waals surface area contributed by atoms with Crippen LogP contribution in [0.1, 0.15) is 11.1 Å². The molecule has 1 heterocycles. The molecule has 0 radical (unpaired) electrons. The van der Waals surface area contributed by atoms with E-state index in [4.69, 9.17) is 5.11 Å². The molecule has 1 aliphatic heterocycles. The maximum Gasteiger partial charge on any atom is 0.323 e. The van der Waals surface area contributed by atoms with Gasteiger partial charge < -0.3 is 10.0 Å². The Labute approximate surface area is 120 Å². The predicted octanol–water partition coefficient (Wildman–Crippen LogP) is 2.21. The lowest BCUT2D eigenvalue weighted by Gasteiger charge is -2.15. The standard InChI is InChI=1S/C13H13NO3S2/c1-8-2-4-9(5-3-8)6-10-12(17)14(7-11(15)16)13(18)19-10/h2-6,13,18H,7H2,1H3,(H,15,16). The number of thioether (sulfide) groups is 1. The molecule has 1 N–H and O–H groups in total. The van der Waals surface area contributed by atoms with Crippen molar-refractivity contribution in [2.24, 2.45) is 0 Å². The average molecular weight is 295 g/mol. The van der Waals surface area contributed by atoms with Crippen LogP contribution in [0.15, 0.2) is 29.2 Å². The molecule has 2 rings (SSSR count). The molecule has 0 spiro atoms. The molecule has 4 nitrogen and oxygen atoms in total. The van der Waals surface area contributed by atoms with Crippen LogP contribution in [0.3, 0.4) is 0 Å². The van der Waals surface area contributed by atoms with Crippen molar-refractivity contribution in [3.8, 4) is 0 Å². The van der Waals surface area contributed by atoms with Crippen LogP contribution in [-0.4, -0.2) is 33.1 Å². The van der Waals surface area contributed by atoms with Crippen LogP contribution in [0.25, 0.3) is 6.08 Å². The van der Waals surface area contributed by atoms with E-state index in [1.165, 1.54) is 16.7 Å². The van der Waals surface area contributed by atoms with Gasteiger partial charge in [-0.15, -0.1) is 12.6 Å². The number of carboxylic acid groups (broad SMARTS) is 1. The average Bonchev–Trinajstić information content (AvgIpc) is 2.60. The summed E-state index contributed by atoms with van der Waals surface area (Å²) in [5.41, 5.74) is 2.06. The molecular formula is C13H13NO3S2. The largest absolute Gasteiger partial charge is 0.480 e. The zero-order chi connectivity index (χ0) is 14.0. The van der Waals surface area contributed by atoms with Crippen molar-refractivity contribution < 1.29 is 14.7 Å². The van der Waals surface area contributed by atoms with Gasteiger partial charge in [0.15, 0.2) is 0 Å². The second-order valence-corrected chi connectivity index (χ2v) is 6.15. The van der Waals surface area contributed by atoms with E-state index < -0.39 is 10.7 Å². The van der Waals surface area contributed by atoms with Crippen LogP contribution in [0.4, 0.5) is 0 Å². The maximum atomic E-state index is 12.0. The highest BCUT2D eigenvalue weighted by Gasteiger charge is 2.35. The zero-order valence-electron chi connectivity index (χ0n) is 10.2. The lowest BCUT2D eigenvalue weighted by molar-refractivity contribution is -0.142. The summed E-state index contributed by atoms with van der Waals surface area (Å²) in [7, 11) is 0. The SMILES string of the molecule is Cc1ccc(C=C2SC(S)N(CC(=O)O)C2=O)cc1. The lowest BCUT2D eigenvalue weighted by atomic mass is 10.1. The number of carbonyl (C=O) groups excluding carboxylic acids is 1. The number of thiol groups is 1. The van der Waals surface area contributed by atoms with Crippen LogP contribution >= 0.6 is 24.4 Å². The Morgan fingerprint density at radius 2 is 2.11 bits per heavy atom. The Balaban J connectivity index is 2.20. The first-order chi connectivity index (χ1) is 8.97. The first kappa shape index (κ1) is 14.0. The second-order valence-electron chi connectivity index (χ2n) is 4.19. The van der Waals surface area contributed by atoms with Crippen molar-refractivity contribution in [2.45, 2.75) is 11.6 Å². The van der Waals surface area contributed by atoms with Crippen LogP contribution in [-0.2, 0) is 9.59 Å². The number of carboxylic acids is 1. The van der Waals surface area contributed by atoms with Crippen molar-refractivity contribution in [1.29, 1.82) is 0 Å². The Hall–Kier alpha value is -1.40. The molecule has 1 atom stereocenters. The van der Waals surface area contributed by atoms with Gasteiger partial charge >= 0.3 is 5.97 Å². The third-order valence-corrected chi connectivity index (χ3v) is 4.26. The summed E-state index contributed by atoms with van der Waals surface area (Å²) in [5, 5.41) is 8.76. The highest BCUT2D eigenvalue weighted by Crippen LogP contribution is 2.37. The van der Waals surface area contributed by atoms with Gasteiger partial charge in [-0.05, 0) is 18.6 Å². The summed E-state index contributed by atoms with van der Waals surface area (Å²) in [6, 6.07) is 7.76. The van der Waals surface area contributed by atoms with E-state index >= 15 is 0 Å². The van der Waals surface area contributed by atoms with Gasteiger partial charge in [0.25, 0.3) is 5.91 Å². The van der Waals surface area contributed by atoms with Crippen LogP contribution < -0.4 is 0 Å². The Morgan fingerprint density at radius 1 is 1.47 bits per heavy atom. The number of hydrogen-bond acceptors (Lipinski definition) is 4. The minimum atomic E-state index is -1.04. The summed E-state index contributed by atoms with van der Waals surface area (Å²) in [6.07, 6.45) is 1.76. The van der Waals surface area contributed by atoms with Crippen LogP contribution in [0.5, 0.6) is 0 Å². The molecule has 0 aromatic heterocycles. The van der Waals surface area contributed by atoms with Crippen molar-refractivity contribution in [3.05, 3.63) is 40.3 Å². The molecule has 100 valence electrons. The first-order valence-electron chi connectivity index (χ1n) is 5.63. The van der Waals surface area contributed by atoms with E-state index in [0.717, 1.165) is 11.1 Å². The van der Waals surface area contributed by atoms with E-state index in [9.17, 15) is 9.59 Å². The van der Waals surface area contributed by atoms with E-state index in [2.05, 4.69) is 12.6 Å². The van der Waals surface area contributed by atoms with Crippen LogP contribution in [0, 0.1) is 6.92 Å². The molecule has 0 saturated carbocycles. The smallest absolute Gasteiger partial charge is 0.323 e. The highest BCUT2D eigenvalue weighted by molar-refractivity contribution is 8.14. The fourth-order valence-electron chi connectivity index (χ4n) is 1.67. The number of hydrogen-bond donors (Lipinski definition) is 2. The topological polar surface area (TPSA) is 57.6 Å². The zero-order valence-corrected chi connectivity index (χ0v) is 11.9. The minimum absolute atomic E-state index is 0.284. The van der Waals surface area contributed by atoms with Gasteiger partial charge in [-0.2, -0.15) is 0 Å². The molecule has 1 saturated heterocycles. The van der Waals surface area contributed by atoms with E-state index in [1.54, 1.807) is 6.08 Å². The summed E-state index contributed by atoms with van der Waals surface area (Å²) in [6.45, 7) is 1.66. The monoisotopic (exact) mass is 295 g/mol. The lowest BCUT2D eigenvalue weighted by Crippen LogP contribution is -2.34. The summed E-state index contributed by atoms with van der Waals surface area (Å²) >= 11 is 5.49. The number of carbonyl (C=O) groups is 2. The predicted molar refractivity (Wildman–Crippen MR) is 78.9 cm³/mol. The van der Waals surface area contributed by atoms with E-state index in [1.807, 2.05) is 31.2 Å². The Kier molecular flexibility index (Phi) is 4.21. The van der Waals surface area contributed by atoms with Gasteiger partial charge in [0.1, 0.15) is 11.3 Å². The van der Waals surface area contributed by atoms with Crippen LogP contribution in [0.2, 0.25) is 0 Å². The molecular weight excluding hydrogens is 282 g/mol. The number of aliphatic carboxylic acids is 1. The van der Waals surface area contributed by atoms with Gasteiger partial charge in [-0.3, -0.25) is 9.59 Å². The van der Waals surface area contributed by atoms with Gasteiger partial charge in [-0.25, -0.2) is 0 Å². The van der Waals surface area contributed by atoms with E-state index in [0.29, 0.717) is 4.91 Å². The fraction of sp³-hybridized carbons (Fsp3) is 0.231. The number of benzene rings is 1. The molecule has 1 fully saturated rings. The quantitative estimate of drug-likeness (QED) is 0.663. The Bertz CT molecular complexity index is 539. The molecule has 1 aromatic rings. The van der Waals surface area contributed by atoms with E-state index in [-0.39, 0.29) is 12.5 Å². The fourth-order valence-corrected chi connectivity index (χ4v) is 3.15. The Morgan fingerprint density at radius 3 is 2.68 bits per heavy atom. The summed E-state index contributed by atoms with van der Waals surface area (Å²) < 4.78 is -0.444.